The summed E-state index contributed by atoms with van der Waals surface area (Å²) in [4.78, 5) is 10.8. The summed E-state index contributed by atoms with van der Waals surface area (Å²) < 4.78 is 5.50. The van der Waals surface area contributed by atoms with Crippen LogP contribution < -0.4 is 5.32 Å². The number of carbonyl (C=O) groups is 1. The van der Waals surface area contributed by atoms with Gasteiger partial charge in [0.05, 0.1) is 12.7 Å². The molecule has 0 radical (unpaired) electrons. The zero-order valence-corrected chi connectivity index (χ0v) is 10.3. The number of aliphatic carboxylic acids is 1. The third kappa shape index (κ3) is 3.00. The number of nitrogens with one attached hydrogen (secondary N) is 1. The van der Waals surface area contributed by atoms with Crippen LogP contribution in [-0.4, -0.2) is 41.0 Å². The molecule has 1 heterocycles. The molecule has 1 aromatic rings. The molecule has 1 saturated heterocycles. The smallest absolute Gasteiger partial charge is 0.323 e. The molecule has 3 N–H and O–H groups in total. The Labute approximate surface area is 109 Å². The van der Waals surface area contributed by atoms with Crippen molar-refractivity contribution in [3.63, 3.8) is 0 Å². The van der Waals surface area contributed by atoms with Gasteiger partial charge in [0.25, 0.3) is 0 Å². The Morgan fingerprint density at radius 1 is 1.56 bits per heavy atom. The lowest BCUT2D eigenvalue weighted by Gasteiger charge is -2.16. The Morgan fingerprint density at radius 3 is 2.94 bits per heavy atom. The highest BCUT2D eigenvalue weighted by molar-refractivity contribution is 6.30. The number of ether oxygens (including phenoxy) is 1. The molecule has 5 nitrogen and oxygen atoms in total. The fraction of sp³-hybridized carbons (Fsp3) is 0.417. The predicted molar refractivity (Wildman–Crippen MR) is 65.5 cm³/mol. The van der Waals surface area contributed by atoms with Crippen molar-refractivity contribution in [1.29, 1.82) is 0 Å². The lowest BCUT2D eigenvalue weighted by Crippen LogP contribution is -2.40. The SMILES string of the molecule is O=C(O)[C@H]1NCC(OCc2cccc(Cl)c2)C1O. The fourth-order valence-corrected chi connectivity index (χ4v) is 2.13. The van der Waals surface area contributed by atoms with Crippen molar-refractivity contribution < 1.29 is 19.7 Å². The molecule has 2 unspecified atom stereocenters. The van der Waals surface area contributed by atoms with Crippen LogP contribution >= 0.6 is 11.6 Å². The van der Waals surface area contributed by atoms with Gasteiger partial charge in [0.1, 0.15) is 12.1 Å². The molecule has 0 bridgehead atoms. The Hall–Kier alpha value is -1.14. The van der Waals surface area contributed by atoms with Crippen molar-refractivity contribution in [1.82, 2.24) is 5.32 Å². The Morgan fingerprint density at radius 2 is 2.33 bits per heavy atom. The molecule has 3 atom stereocenters. The van der Waals surface area contributed by atoms with E-state index in [1.165, 1.54) is 0 Å². The number of aliphatic hydroxyl groups excluding tert-OH is 1. The summed E-state index contributed by atoms with van der Waals surface area (Å²) in [7, 11) is 0. The second kappa shape index (κ2) is 5.67. The van der Waals surface area contributed by atoms with Gasteiger partial charge in [-0.05, 0) is 17.7 Å². The maximum absolute atomic E-state index is 10.8. The summed E-state index contributed by atoms with van der Waals surface area (Å²) in [6, 6.07) is 6.23. The van der Waals surface area contributed by atoms with Gasteiger partial charge in [-0.25, -0.2) is 0 Å². The van der Waals surface area contributed by atoms with Crippen molar-refractivity contribution in [3.8, 4) is 0 Å². The molecule has 1 aliphatic rings. The van der Waals surface area contributed by atoms with E-state index in [1.807, 2.05) is 12.1 Å². The molecule has 18 heavy (non-hydrogen) atoms. The molecule has 1 aromatic carbocycles. The maximum atomic E-state index is 10.8. The van der Waals surface area contributed by atoms with E-state index in [1.54, 1.807) is 12.1 Å². The van der Waals surface area contributed by atoms with Gasteiger partial charge in [0.2, 0.25) is 0 Å². The van der Waals surface area contributed by atoms with Crippen molar-refractivity contribution in [2.75, 3.05) is 6.54 Å². The summed E-state index contributed by atoms with van der Waals surface area (Å²) in [5, 5.41) is 21.9. The molecule has 6 heteroatoms. The van der Waals surface area contributed by atoms with Gasteiger partial charge in [-0.3, -0.25) is 10.1 Å². The Kier molecular flexibility index (Phi) is 4.19. The van der Waals surface area contributed by atoms with Crippen molar-refractivity contribution in [2.24, 2.45) is 0 Å². The molecule has 98 valence electrons. The molecule has 2 rings (SSSR count). The van der Waals surface area contributed by atoms with Crippen LogP contribution in [0.4, 0.5) is 0 Å². The van der Waals surface area contributed by atoms with Crippen molar-refractivity contribution >= 4 is 17.6 Å². The number of rotatable bonds is 4. The van der Waals surface area contributed by atoms with Crippen LogP contribution in [0.3, 0.4) is 0 Å². The first-order chi connectivity index (χ1) is 8.58. The minimum absolute atomic E-state index is 0.288. The van der Waals surface area contributed by atoms with E-state index >= 15 is 0 Å². The van der Waals surface area contributed by atoms with E-state index < -0.39 is 24.2 Å². The topological polar surface area (TPSA) is 78.8 Å². The molecule has 0 aliphatic carbocycles. The largest absolute Gasteiger partial charge is 0.480 e. The van der Waals surface area contributed by atoms with Crippen LogP contribution in [0, 0.1) is 0 Å². The lowest BCUT2D eigenvalue weighted by molar-refractivity contribution is -0.142. The highest BCUT2D eigenvalue weighted by Crippen LogP contribution is 2.16. The van der Waals surface area contributed by atoms with Crippen molar-refractivity contribution in [2.45, 2.75) is 24.9 Å². The molecule has 0 spiro atoms. The van der Waals surface area contributed by atoms with Gasteiger partial charge in [0.15, 0.2) is 0 Å². The molecule has 0 saturated carbocycles. The summed E-state index contributed by atoms with van der Waals surface area (Å²) in [6.45, 7) is 0.606. The van der Waals surface area contributed by atoms with Gasteiger partial charge >= 0.3 is 5.97 Å². The van der Waals surface area contributed by atoms with Crippen LogP contribution in [0.25, 0.3) is 0 Å². The number of hydrogen-bond acceptors (Lipinski definition) is 4. The number of halogens is 1. The first-order valence-corrected chi connectivity index (χ1v) is 5.96. The van der Waals surface area contributed by atoms with Crippen molar-refractivity contribution in [3.05, 3.63) is 34.9 Å². The monoisotopic (exact) mass is 271 g/mol. The Bertz CT molecular complexity index is 440. The van der Waals surface area contributed by atoms with Gasteiger partial charge in [-0.2, -0.15) is 0 Å². The average molecular weight is 272 g/mol. The fourth-order valence-electron chi connectivity index (χ4n) is 1.92. The van der Waals surface area contributed by atoms with Gasteiger partial charge in [-0.1, -0.05) is 23.7 Å². The van der Waals surface area contributed by atoms with Crippen LogP contribution in [0.2, 0.25) is 5.02 Å². The van der Waals surface area contributed by atoms with Gasteiger partial charge in [-0.15, -0.1) is 0 Å². The summed E-state index contributed by atoms with van der Waals surface area (Å²) >= 11 is 5.84. The van der Waals surface area contributed by atoms with E-state index in [-0.39, 0.29) is 6.61 Å². The zero-order valence-electron chi connectivity index (χ0n) is 9.54. The molecule has 0 amide bonds. The second-order valence-corrected chi connectivity index (χ2v) is 4.63. The van der Waals surface area contributed by atoms with E-state index in [0.29, 0.717) is 11.6 Å². The number of carboxylic acid groups (broad SMARTS) is 1. The van der Waals surface area contributed by atoms with E-state index in [9.17, 15) is 9.90 Å². The lowest BCUT2D eigenvalue weighted by atomic mass is 10.1. The predicted octanol–water partition coefficient (Wildman–Crippen LogP) is 0.642. The van der Waals surface area contributed by atoms with Crippen LogP contribution in [-0.2, 0) is 16.1 Å². The first-order valence-electron chi connectivity index (χ1n) is 5.58. The summed E-state index contributed by atoms with van der Waals surface area (Å²) in [5.41, 5.74) is 0.883. The standard InChI is InChI=1S/C12H14ClNO4/c13-8-3-1-2-7(4-8)6-18-9-5-14-10(11(9)15)12(16)17/h1-4,9-11,14-15H,5-6H2,(H,16,17)/t9?,10-,11?/m0/s1. The minimum Gasteiger partial charge on any atom is -0.480 e. The van der Waals surface area contributed by atoms with Gasteiger partial charge < -0.3 is 14.9 Å². The molecular formula is C12H14ClNO4. The number of aliphatic hydroxyl groups is 1. The number of benzene rings is 1. The highest BCUT2D eigenvalue weighted by atomic mass is 35.5. The average Bonchev–Trinajstić information content (AvgIpc) is 2.68. The van der Waals surface area contributed by atoms with E-state index in [2.05, 4.69) is 5.32 Å². The quantitative estimate of drug-likeness (QED) is 0.749. The minimum atomic E-state index is -1.07. The summed E-state index contributed by atoms with van der Waals surface area (Å²) in [5.74, 6) is -1.07. The first kappa shape index (κ1) is 13.3. The number of hydrogen-bond donors (Lipinski definition) is 3. The van der Waals surface area contributed by atoms with Crippen LogP contribution in [0.15, 0.2) is 24.3 Å². The summed E-state index contributed by atoms with van der Waals surface area (Å²) in [6.07, 6.45) is -1.56. The molecule has 1 fully saturated rings. The molecule has 1 aliphatic heterocycles. The van der Waals surface area contributed by atoms with E-state index in [0.717, 1.165) is 5.56 Å². The Balaban J connectivity index is 1.90. The second-order valence-electron chi connectivity index (χ2n) is 4.19. The normalized spacial score (nSPS) is 27.3. The van der Waals surface area contributed by atoms with Gasteiger partial charge in [0, 0.05) is 11.6 Å². The van der Waals surface area contributed by atoms with E-state index in [4.69, 9.17) is 21.4 Å². The highest BCUT2D eigenvalue weighted by Gasteiger charge is 2.39. The third-order valence-electron chi connectivity index (χ3n) is 2.88. The number of carboxylic acids is 1. The van der Waals surface area contributed by atoms with Crippen LogP contribution in [0.5, 0.6) is 0 Å². The molecule has 0 aromatic heterocycles. The molecular weight excluding hydrogens is 258 g/mol. The third-order valence-corrected chi connectivity index (χ3v) is 3.12. The van der Waals surface area contributed by atoms with Crippen LogP contribution in [0.1, 0.15) is 5.56 Å². The zero-order chi connectivity index (χ0) is 13.1. The maximum Gasteiger partial charge on any atom is 0.323 e.